The second kappa shape index (κ2) is 5.03. The van der Waals surface area contributed by atoms with Gasteiger partial charge in [0.25, 0.3) is 5.91 Å². The molecule has 1 amide bonds. The molecule has 86 valence electrons. The number of benzene rings is 1. The lowest BCUT2D eigenvalue weighted by molar-refractivity contribution is -0.121. The van der Waals surface area contributed by atoms with Crippen LogP contribution in [0.1, 0.15) is 19.8 Å². The summed E-state index contributed by atoms with van der Waals surface area (Å²) >= 11 is 2.25. The van der Waals surface area contributed by atoms with Crippen molar-refractivity contribution in [2.45, 2.75) is 19.8 Å². The van der Waals surface area contributed by atoms with Crippen molar-refractivity contribution < 1.29 is 9.53 Å². The van der Waals surface area contributed by atoms with Gasteiger partial charge in [0.1, 0.15) is 5.75 Å². The molecule has 1 aromatic carbocycles. The highest BCUT2D eigenvalue weighted by atomic mass is 127. The van der Waals surface area contributed by atoms with E-state index in [0.29, 0.717) is 0 Å². The van der Waals surface area contributed by atoms with Crippen LogP contribution in [-0.4, -0.2) is 19.1 Å². The zero-order valence-electron chi connectivity index (χ0n) is 9.20. The Bertz CT molecular complexity index is 406. The fourth-order valence-electron chi connectivity index (χ4n) is 1.74. The molecular weight excluding hydrogens is 317 g/mol. The number of rotatable bonds is 3. The summed E-state index contributed by atoms with van der Waals surface area (Å²) in [7, 11) is 0. The van der Waals surface area contributed by atoms with E-state index in [1.54, 1.807) is 0 Å². The molecule has 1 aromatic rings. The molecule has 1 aliphatic rings. The summed E-state index contributed by atoms with van der Waals surface area (Å²) in [5.41, 5.74) is 0.914. The fourth-order valence-corrected chi connectivity index (χ4v) is 2.21. The maximum atomic E-state index is 11.8. The topological polar surface area (TPSA) is 29.5 Å². The molecular formula is C12H14INO2. The van der Waals surface area contributed by atoms with Crippen molar-refractivity contribution in [3.05, 3.63) is 21.8 Å². The minimum Gasteiger partial charge on any atom is -0.482 e. The first-order valence-electron chi connectivity index (χ1n) is 5.45. The van der Waals surface area contributed by atoms with Gasteiger partial charge in [-0.15, -0.1) is 0 Å². The van der Waals surface area contributed by atoms with Gasteiger partial charge < -0.3 is 9.64 Å². The number of halogens is 1. The molecule has 3 nitrogen and oxygen atoms in total. The average molecular weight is 331 g/mol. The zero-order valence-corrected chi connectivity index (χ0v) is 11.4. The first-order valence-corrected chi connectivity index (χ1v) is 6.53. The van der Waals surface area contributed by atoms with Gasteiger partial charge in [-0.2, -0.15) is 0 Å². The van der Waals surface area contributed by atoms with E-state index in [9.17, 15) is 4.79 Å². The van der Waals surface area contributed by atoms with Gasteiger partial charge in [-0.05, 0) is 47.2 Å². The molecule has 1 heterocycles. The zero-order chi connectivity index (χ0) is 11.5. The van der Waals surface area contributed by atoms with E-state index in [0.717, 1.165) is 34.4 Å². The third-order valence-corrected chi connectivity index (χ3v) is 3.27. The lowest BCUT2D eigenvalue weighted by Gasteiger charge is -2.29. The van der Waals surface area contributed by atoms with Gasteiger partial charge in [0, 0.05) is 10.1 Å². The van der Waals surface area contributed by atoms with Gasteiger partial charge in [-0.1, -0.05) is 13.3 Å². The number of hydrogen-bond acceptors (Lipinski definition) is 2. The summed E-state index contributed by atoms with van der Waals surface area (Å²) in [6, 6.07) is 5.93. The standard InChI is InChI=1S/C12H14INO2/c1-2-3-6-14-10-7-9(13)4-5-11(10)16-8-12(14)15/h4-5,7H,2-3,6,8H2,1H3. The number of amides is 1. The third-order valence-electron chi connectivity index (χ3n) is 2.60. The van der Waals surface area contributed by atoms with Crippen molar-refractivity contribution in [2.24, 2.45) is 0 Å². The molecule has 0 atom stereocenters. The molecule has 0 saturated carbocycles. The Balaban J connectivity index is 2.31. The predicted molar refractivity (Wildman–Crippen MR) is 71.9 cm³/mol. The van der Waals surface area contributed by atoms with Crippen molar-refractivity contribution in [3.63, 3.8) is 0 Å². The molecule has 0 aromatic heterocycles. The van der Waals surface area contributed by atoms with E-state index in [1.807, 2.05) is 23.1 Å². The van der Waals surface area contributed by atoms with E-state index < -0.39 is 0 Å². The van der Waals surface area contributed by atoms with E-state index >= 15 is 0 Å². The van der Waals surface area contributed by atoms with Gasteiger partial charge in [-0.3, -0.25) is 4.79 Å². The summed E-state index contributed by atoms with van der Waals surface area (Å²) in [5.74, 6) is 0.874. The van der Waals surface area contributed by atoms with Crippen molar-refractivity contribution in [2.75, 3.05) is 18.1 Å². The molecule has 0 unspecified atom stereocenters. The number of ether oxygens (including phenoxy) is 1. The number of carbonyl (C=O) groups excluding carboxylic acids is 1. The van der Waals surface area contributed by atoms with Crippen LogP contribution in [0.3, 0.4) is 0 Å². The van der Waals surface area contributed by atoms with Crippen molar-refractivity contribution in [3.8, 4) is 5.75 Å². The average Bonchev–Trinajstić information content (AvgIpc) is 2.28. The number of anilines is 1. The summed E-state index contributed by atoms with van der Waals surface area (Å²) in [6.07, 6.45) is 2.11. The van der Waals surface area contributed by atoms with Gasteiger partial charge in [0.05, 0.1) is 5.69 Å². The molecule has 16 heavy (non-hydrogen) atoms. The highest BCUT2D eigenvalue weighted by molar-refractivity contribution is 14.1. The first-order chi connectivity index (χ1) is 7.72. The van der Waals surface area contributed by atoms with Crippen molar-refractivity contribution in [1.29, 1.82) is 0 Å². The number of fused-ring (bicyclic) bond motifs is 1. The molecule has 0 fully saturated rings. The largest absolute Gasteiger partial charge is 0.482 e. The van der Waals surface area contributed by atoms with Crippen LogP contribution in [0.25, 0.3) is 0 Å². The number of carbonyl (C=O) groups is 1. The Morgan fingerprint density at radius 3 is 3.06 bits per heavy atom. The van der Waals surface area contributed by atoms with Crippen LogP contribution in [0, 0.1) is 3.57 Å². The van der Waals surface area contributed by atoms with Crippen LogP contribution in [-0.2, 0) is 4.79 Å². The fraction of sp³-hybridized carbons (Fsp3) is 0.417. The van der Waals surface area contributed by atoms with Gasteiger partial charge in [0.2, 0.25) is 0 Å². The second-order valence-electron chi connectivity index (χ2n) is 3.80. The molecule has 0 saturated heterocycles. The Hall–Kier alpha value is -0.780. The van der Waals surface area contributed by atoms with Crippen molar-refractivity contribution >= 4 is 34.2 Å². The van der Waals surface area contributed by atoms with Crippen LogP contribution < -0.4 is 9.64 Å². The Labute approximate surface area is 109 Å². The molecule has 1 aliphatic heterocycles. The summed E-state index contributed by atoms with van der Waals surface area (Å²) in [4.78, 5) is 13.6. The Morgan fingerprint density at radius 2 is 2.31 bits per heavy atom. The summed E-state index contributed by atoms with van der Waals surface area (Å²) in [5, 5.41) is 0. The predicted octanol–water partition coefficient (Wildman–Crippen LogP) is 2.82. The molecule has 0 aliphatic carbocycles. The van der Waals surface area contributed by atoms with Gasteiger partial charge in [0.15, 0.2) is 6.61 Å². The highest BCUT2D eigenvalue weighted by Gasteiger charge is 2.24. The summed E-state index contributed by atoms with van der Waals surface area (Å²) in [6.45, 7) is 3.07. The van der Waals surface area contributed by atoms with E-state index in [1.165, 1.54) is 0 Å². The van der Waals surface area contributed by atoms with Crippen LogP contribution in [0.5, 0.6) is 5.75 Å². The lowest BCUT2D eigenvalue weighted by atomic mass is 10.2. The van der Waals surface area contributed by atoms with E-state index in [2.05, 4.69) is 29.5 Å². The van der Waals surface area contributed by atoms with Crippen LogP contribution in [0.15, 0.2) is 18.2 Å². The molecule has 0 radical (unpaired) electrons. The third kappa shape index (κ3) is 2.31. The normalized spacial score (nSPS) is 14.6. The number of unbranched alkanes of at least 4 members (excludes halogenated alkanes) is 1. The molecule has 0 bridgehead atoms. The maximum absolute atomic E-state index is 11.8. The highest BCUT2D eigenvalue weighted by Crippen LogP contribution is 2.33. The molecule has 0 N–H and O–H groups in total. The van der Waals surface area contributed by atoms with E-state index in [-0.39, 0.29) is 12.5 Å². The Morgan fingerprint density at radius 1 is 1.50 bits per heavy atom. The van der Waals surface area contributed by atoms with Crippen LogP contribution in [0.2, 0.25) is 0 Å². The monoisotopic (exact) mass is 331 g/mol. The molecule has 2 rings (SSSR count). The SMILES string of the molecule is CCCCN1C(=O)COc2ccc(I)cc21. The maximum Gasteiger partial charge on any atom is 0.265 e. The number of nitrogens with zero attached hydrogens (tertiary/aromatic N) is 1. The van der Waals surface area contributed by atoms with Crippen LogP contribution >= 0.6 is 22.6 Å². The Kier molecular flexibility index (Phi) is 3.68. The minimum atomic E-state index is 0.0583. The smallest absolute Gasteiger partial charge is 0.265 e. The summed E-state index contributed by atoms with van der Waals surface area (Å²) < 4.78 is 6.53. The first kappa shape index (κ1) is 11.7. The van der Waals surface area contributed by atoms with E-state index in [4.69, 9.17) is 4.74 Å². The number of hydrogen-bond donors (Lipinski definition) is 0. The second-order valence-corrected chi connectivity index (χ2v) is 5.05. The molecule has 4 heteroatoms. The quantitative estimate of drug-likeness (QED) is 0.797. The minimum absolute atomic E-state index is 0.0583. The van der Waals surface area contributed by atoms with Gasteiger partial charge in [-0.25, -0.2) is 0 Å². The van der Waals surface area contributed by atoms with Gasteiger partial charge >= 0.3 is 0 Å². The lowest BCUT2D eigenvalue weighted by Crippen LogP contribution is -2.39. The van der Waals surface area contributed by atoms with Crippen LogP contribution in [0.4, 0.5) is 5.69 Å². The van der Waals surface area contributed by atoms with Crippen molar-refractivity contribution in [1.82, 2.24) is 0 Å². The molecule has 0 spiro atoms.